The number of nitriles is 1. The zero-order valence-corrected chi connectivity index (χ0v) is 12.1. The van der Waals surface area contributed by atoms with Crippen LogP contribution in [0.5, 0.6) is 0 Å². The van der Waals surface area contributed by atoms with Gasteiger partial charge in [-0.05, 0) is 47.0 Å². The molecule has 0 saturated heterocycles. The minimum atomic E-state index is -1.000. The smallest absolute Gasteiger partial charge is 0.123 e. The number of aliphatic hydroxyl groups is 1. The van der Waals surface area contributed by atoms with E-state index in [9.17, 15) is 9.50 Å². The number of nitrogens with zero attached hydrogens (tertiary/aromatic N) is 2. The van der Waals surface area contributed by atoms with Crippen LogP contribution in [0.25, 0.3) is 11.1 Å². The summed E-state index contributed by atoms with van der Waals surface area (Å²) in [5, 5.41) is 19.7. The van der Waals surface area contributed by atoms with E-state index >= 15 is 0 Å². The molecule has 3 aromatic rings. The Bertz CT molecular complexity index is 886. The Balaban J connectivity index is 2.09. The molecule has 23 heavy (non-hydrogen) atoms. The molecule has 0 radical (unpaired) electrons. The van der Waals surface area contributed by atoms with E-state index in [1.54, 1.807) is 48.8 Å². The summed E-state index contributed by atoms with van der Waals surface area (Å²) in [7, 11) is 0. The van der Waals surface area contributed by atoms with E-state index in [-0.39, 0.29) is 0 Å². The van der Waals surface area contributed by atoms with Crippen LogP contribution in [0.1, 0.15) is 22.8 Å². The summed E-state index contributed by atoms with van der Waals surface area (Å²) in [6.07, 6.45) is 2.18. The van der Waals surface area contributed by atoms with Crippen LogP contribution in [-0.4, -0.2) is 10.1 Å². The lowest BCUT2D eigenvalue weighted by atomic mass is 9.94. The van der Waals surface area contributed by atoms with Crippen LogP contribution < -0.4 is 0 Å². The molecule has 1 atom stereocenters. The van der Waals surface area contributed by atoms with Gasteiger partial charge in [0.05, 0.1) is 11.6 Å². The predicted octanol–water partition coefficient (Wildman–Crippen LogP) is 3.84. The SMILES string of the molecule is N#Cc1cccc(-c2ccncc2C(O)c2cccc(F)c2)c1. The lowest BCUT2D eigenvalue weighted by molar-refractivity contribution is 0.220. The molecule has 1 N–H and O–H groups in total. The Morgan fingerprint density at radius 1 is 1.09 bits per heavy atom. The first-order valence-corrected chi connectivity index (χ1v) is 7.07. The Hall–Kier alpha value is -3.03. The molecule has 0 fully saturated rings. The van der Waals surface area contributed by atoms with Gasteiger partial charge in [-0.2, -0.15) is 5.26 Å². The van der Waals surface area contributed by atoms with Gasteiger partial charge in [0.1, 0.15) is 11.9 Å². The van der Waals surface area contributed by atoms with Crippen LogP contribution in [0.15, 0.2) is 67.0 Å². The Kier molecular flexibility index (Phi) is 4.13. The van der Waals surface area contributed by atoms with Gasteiger partial charge < -0.3 is 5.11 Å². The zero-order chi connectivity index (χ0) is 16.2. The van der Waals surface area contributed by atoms with Crippen LogP contribution in [0, 0.1) is 17.1 Å². The van der Waals surface area contributed by atoms with Gasteiger partial charge in [0, 0.05) is 18.0 Å². The fraction of sp³-hybridized carbons (Fsp3) is 0.0526. The molecule has 0 saturated carbocycles. The maximum Gasteiger partial charge on any atom is 0.123 e. The third-order valence-electron chi connectivity index (χ3n) is 3.61. The second kappa shape index (κ2) is 6.39. The zero-order valence-electron chi connectivity index (χ0n) is 12.1. The summed E-state index contributed by atoms with van der Waals surface area (Å²) in [5.74, 6) is -0.404. The van der Waals surface area contributed by atoms with Crippen molar-refractivity contribution >= 4 is 0 Å². The molecular formula is C19H13FN2O. The molecule has 1 unspecified atom stereocenters. The number of benzene rings is 2. The summed E-state index contributed by atoms with van der Waals surface area (Å²) in [5.41, 5.74) is 3.11. The first-order chi connectivity index (χ1) is 11.2. The van der Waals surface area contributed by atoms with Gasteiger partial charge in [0.15, 0.2) is 0 Å². The molecule has 0 aliphatic rings. The van der Waals surface area contributed by atoms with Crippen LogP contribution in [0.4, 0.5) is 4.39 Å². The van der Waals surface area contributed by atoms with E-state index in [4.69, 9.17) is 5.26 Å². The summed E-state index contributed by atoms with van der Waals surface area (Å²) in [6, 6.07) is 16.8. The summed E-state index contributed by atoms with van der Waals surface area (Å²) < 4.78 is 13.4. The van der Waals surface area contributed by atoms with Gasteiger partial charge in [-0.3, -0.25) is 4.98 Å². The third-order valence-corrected chi connectivity index (χ3v) is 3.61. The number of hydrogen-bond acceptors (Lipinski definition) is 3. The van der Waals surface area contributed by atoms with Crippen molar-refractivity contribution in [2.45, 2.75) is 6.10 Å². The molecule has 3 rings (SSSR count). The molecule has 1 heterocycles. The first kappa shape index (κ1) is 14.9. The predicted molar refractivity (Wildman–Crippen MR) is 84.8 cm³/mol. The normalized spacial score (nSPS) is 11.7. The highest BCUT2D eigenvalue weighted by molar-refractivity contribution is 5.69. The summed E-state index contributed by atoms with van der Waals surface area (Å²) >= 11 is 0. The van der Waals surface area contributed by atoms with Gasteiger partial charge >= 0.3 is 0 Å². The van der Waals surface area contributed by atoms with Crippen LogP contribution in [-0.2, 0) is 0 Å². The first-order valence-electron chi connectivity index (χ1n) is 7.07. The molecule has 0 aliphatic carbocycles. The molecular weight excluding hydrogens is 291 g/mol. The van der Waals surface area contributed by atoms with Crippen LogP contribution in [0.3, 0.4) is 0 Å². The monoisotopic (exact) mass is 304 g/mol. The molecule has 112 valence electrons. The number of halogens is 1. The van der Waals surface area contributed by atoms with E-state index in [0.717, 1.165) is 11.1 Å². The highest BCUT2D eigenvalue weighted by Crippen LogP contribution is 2.31. The van der Waals surface area contributed by atoms with Gasteiger partial charge in [0.2, 0.25) is 0 Å². The maximum absolute atomic E-state index is 13.4. The van der Waals surface area contributed by atoms with Crippen molar-refractivity contribution in [3.8, 4) is 17.2 Å². The quantitative estimate of drug-likeness (QED) is 0.800. The van der Waals surface area contributed by atoms with Crippen LogP contribution >= 0.6 is 0 Å². The molecule has 0 aliphatic heterocycles. The average Bonchev–Trinajstić information content (AvgIpc) is 2.61. The number of aromatic nitrogens is 1. The summed E-state index contributed by atoms with van der Waals surface area (Å²) in [4.78, 5) is 4.06. The van der Waals surface area contributed by atoms with Crippen molar-refractivity contribution in [2.75, 3.05) is 0 Å². The minimum Gasteiger partial charge on any atom is -0.384 e. The fourth-order valence-corrected chi connectivity index (χ4v) is 2.50. The van der Waals surface area contributed by atoms with Crippen molar-refractivity contribution in [1.29, 1.82) is 5.26 Å². The Morgan fingerprint density at radius 3 is 2.70 bits per heavy atom. The lowest BCUT2D eigenvalue weighted by Gasteiger charge is -2.16. The molecule has 0 amide bonds. The average molecular weight is 304 g/mol. The molecule has 4 heteroatoms. The van der Waals surface area contributed by atoms with E-state index in [1.165, 1.54) is 12.1 Å². The second-order valence-corrected chi connectivity index (χ2v) is 5.11. The minimum absolute atomic E-state index is 0.404. The van der Waals surface area contributed by atoms with Crippen molar-refractivity contribution in [3.05, 3.63) is 89.5 Å². The maximum atomic E-state index is 13.4. The van der Waals surface area contributed by atoms with E-state index < -0.39 is 11.9 Å². The van der Waals surface area contributed by atoms with E-state index in [2.05, 4.69) is 11.1 Å². The van der Waals surface area contributed by atoms with Crippen LogP contribution in [0.2, 0.25) is 0 Å². The standard InChI is InChI=1S/C19H13FN2O/c20-16-6-2-5-15(10-16)19(23)18-12-22-8-7-17(18)14-4-1-3-13(9-14)11-21/h1-10,12,19,23H. The number of pyridine rings is 1. The second-order valence-electron chi connectivity index (χ2n) is 5.11. The van der Waals surface area contributed by atoms with Gasteiger partial charge in [-0.15, -0.1) is 0 Å². The molecule has 0 spiro atoms. The van der Waals surface area contributed by atoms with Gasteiger partial charge in [-0.25, -0.2) is 4.39 Å². The van der Waals surface area contributed by atoms with Crippen molar-refractivity contribution in [1.82, 2.24) is 4.98 Å². The third kappa shape index (κ3) is 3.10. The van der Waals surface area contributed by atoms with Gasteiger partial charge in [0.25, 0.3) is 0 Å². The van der Waals surface area contributed by atoms with E-state index in [0.29, 0.717) is 16.7 Å². The highest BCUT2D eigenvalue weighted by atomic mass is 19.1. The lowest BCUT2D eigenvalue weighted by Crippen LogP contribution is -2.03. The topological polar surface area (TPSA) is 56.9 Å². The van der Waals surface area contributed by atoms with E-state index in [1.807, 2.05) is 6.07 Å². The summed E-state index contributed by atoms with van der Waals surface area (Å²) in [6.45, 7) is 0. The van der Waals surface area contributed by atoms with Crippen molar-refractivity contribution < 1.29 is 9.50 Å². The largest absolute Gasteiger partial charge is 0.384 e. The van der Waals surface area contributed by atoms with Crippen molar-refractivity contribution in [3.63, 3.8) is 0 Å². The molecule has 1 aromatic heterocycles. The van der Waals surface area contributed by atoms with Gasteiger partial charge in [-0.1, -0.05) is 24.3 Å². The van der Waals surface area contributed by atoms with Crippen molar-refractivity contribution in [2.24, 2.45) is 0 Å². The Labute approximate surface area is 133 Å². The number of aliphatic hydroxyl groups excluding tert-OH is 1. The number of hydrogen-bond donors (Lipinski definition) is 1. The fourth-order valence-electron chi connectivity index (χ4n) is 2.50. The number of rotatable bonds is 3. The molecule has 0 bridgehead atoms. The molecule has 3 nitrogen and oxygen atoms in total. The Morgan fingerprint density at radius 2 is 1.91 bits per heavy atom. The molecule has 2 aromatic carbocycles. The highest BCUT2D eigenvalue weighted by Gasteiger charge is 2.16.